The zero-order valence-electron chi connectivity index (χ0n) is 9.23. The number of hydrogen-bond donors (Lipinski definition) is 1. The summed E-state index contributed by atoms with van der Waals surface area (Å²) in [6.45, 7) is 9.82. The lowest BCUT2D eigenvalue weighted by atomic mass is 9.97. The van der Waals surface area contributed by atoms with E-state index in [0.717, 1.165) is 19.7 Å². The van der Waals surface area contributed by atoms with E-state index in [1.54, 1.807) is 0 Å². The minimum absolute atomic E-state index is 0.384. The van der Waals surface area contributed by atoms with Crippen molar-refractivity contribution >= 4 is 0 Å². The third-order valence-electron chi connectivity index (χ3n) is 2.30. The Labute approximate surface area is 82.0 Å². The molecule has 0 radical (unpaired) electrons. The molecule has 0 aromatic rings. The third kappa shape index (κ3) is 5.27. The van der Waals surface area contributed by atoms with Crippen molar-refractivity contribution in [1.29, 1.82) is 0 Å². The smallest absolute Gasteiger partial charge is 0.0699 e. The van der Waals surface area contributed by atoms with Crippen LogP contribution >= 0.6 is 0 Å². The fourth-order valence-electron chi connectivity index (χ4n) is 1.58. The molecular formula is C11H23NO. The first-order chi connectivity index (χ1) is 6.08. The topological polar surface area (TPSA) is 21.3 Å². The maximum Gasteiger partial charge on any atom is 0.0699 e. The number of rotatable bonds is 3. The van der Waals surface area contributed by atoms with E-state index in [4.69, 9.17) is 4.74 Å². The molecule has 1 aliphatic rings. The van der Waals surface area contributed by atoms with Crippen molar-refractivity contribution in [3.8, 4) is 0 Å². The quantitative estimate of drug-likeness (QED) is 0.727. The van der Waals surface area contributed by atoms with E-state index < -0.39 is 0 Å². The molecule has 1 heterocycles. The first-order valence-corrected chi connectivity index (χ1v) is 5.40. The third-order valence-corrected chi connectivity index (χ3v) is 2.30. The van der Waals surface area contributed by atoms with Gasteiger partial charge < -0.3 is 10.1 Å². The molecule has 1 fully saturated rings. The molecule has 0 bridgehead atoms. The maximum absolute atomic E-state index is 5.63. The summed E-state index contributed by atoms with van der Waals surface area (Å²) in [5.74, 6) is 0. The molecule has 2 heteroatoms. The van der Waals surface area contributed by atoms with Crippen LogP contribution in [0.15, 0.2) is 0 Å². The monoisotopic (exact) mass is 185 g/mol. The van der Waals surface area contributed by atoms with Gasteiger partial charge in [-0.25, -0.2) is 0 Å². The Balaban J connectivity index is 2.04. The van der Waals surface area contributed by atoms with Crippen LogP contribution in [-0.2, 0) is 4.74 Å². The van der Waals surface area contributed by atoms with Crippen LogP contribution in [-0.4, -0.2) is 25.8 Å². The predicted octanol–water partition coefficient (Wildman–Crippen LogP) is 2.19. The van der Waals surface area contributed by atoms with Crippen molar-refractivity contribution in [3.63, 3.8) is 0 Å². The van der Waals surface area contributed by atoms with Crippen molar-refractivity contribution in [3.05, 3.63) is 0 Å². The van der Waals surface area contributed by atoms with Crippen molar-refractivity contribution < 1.29 is 4.74 Å². The molecule has 1 saturated heterocycles. The Kier molecular flexibility index (Phi) is 4.20. The van der Waals surface area contributed by atoms with Crippen LogP contribution in [0, 0.1) is 5.41 Å². The van der Waals surface area contributed by atoms with Crippen molar-refractivity contribution in [2.45, 2.75) is 46.1 Å². The molecule has 1 unspecified atom stereocenters. The molecule has 13 heavy (non-hydrogen) atoms. The van der Waals surface area contributed by atoms with Gasteiger partial charge in [0, 0.05) is 19.7 Å². The van der Waals surface area contributed by atoms with Gasteiger partial charge in [-0.1, -0.05) is 20.8 Å². The minimum Gasteiger partial charge on any atom is -0.377 e. The summed E-state index contributed by atoms with van der Waals surface area (Å²) in [5, 5.41) is 3.47. The molecule has 2 nitrogen and oxygen atoms in total. The van der Waals surface area contributed by atoms with E-state index in [-0.39, 0.29) is 0 Å². The minimum atomic E-state index is 0.384. The largest absolute Gasteiger partial charge is 0.377 e. The first kappa shape index (κ1) is 11.0. The molecule has 1 aliphatic heterocycles. The lowest BCUT2D eigenvalue weighted by Gasteiger charge is -2.25. The summed E-state index contributed by atoms with van der Waals surface area (Å²) >= 11 is 0. The van der Waals surface area contributed by atoms with Gasteiger partial charge in [-0.05, 0) is 24.7 Å². The first-order valence-electron chi connectivity index (χ1n) is 5.40. The number of ether oxygens (including phenoxy) is 1. The molecule has 0 saturated carbocycles. The summed E-state index contributed by atoms with van der Waals surface area (Å²) in [4.78, 5) is 0. The molecule has 78 valence electrons. The van der Waals surface area contributed by atoms with E-state index in [0.29, 0.717) is 11.5 Å². The van der Waals surface area contributed by atoms with Gasteiger partial charge in [0.05, 0.1) is 6.10 Å². The fourth-order valence-corrected chi connectivity index (χ4v) is 1.58. The molecule has 1 N–H and O–H groups in total. The van der Waals surface area contributed by atoms with Crippen LogP contribution in [0.5, 0.6) is 0 Å². The van der Waals surface area contributed by atoms with Gasteiger partial charge in [0.2, 0.25) is 0 Å². The summed E-state index contributed by atoms with van der Waals surface area (Å²) in [6, 6.07) is 0. The summed E-state index contributed by atoms with van der Waals surface area (Å²) in [5.41, 5.74) is 0.384. The van der Waals surface area contributed by atoms with E-state index in [2.05, 4.69) is 26.1 Å². The maximum atomic E-state index is 5.63. The highest BCUT2D eigenvalue weighted by Gasteiger charge is 2.15. The Morgan fingerprint density at radius 2 is 2.08 bits per heavy atom. The highest BCUT2D eigenvalue weighted by Crippen LogP contribution is 2.13. The van der Waals surface area contributed by atoms with Gasteiger partial charge in [-0.3, -0.25) is 0 Å². The van der Waals surface area contributed by atoms with Gasteiger partial charge in [-0.2, -0.15) is 0 Å². The Morgan fingerprint density at radius 1 is 1.31 bits per heavy atom. The second kappa shape index (κ2) is 4.97. The Morgan fingerprint density at radius 3 is 2.62 bits per heavy atom. The molecule has 0 aromatic heterocycles. The van der Waals surface area contributed by atoms with E-state index in [1.807, 2.05) is 0 Å². The van der Waals surface area contributed by atoms with Gasteiger partial charge in [0.1, 0.15) is 0 Å². The van der Waals surface area contributed by atoms with Crippen molar-refractivity contribution in [1.82, 2.24) is 5.32 Å². The number of hydrogen-bond acceptors (Lipinski definition) is 2. The molecule has 0 aliphatic carbocycles. The van der Waals surface area contributed by atoms with E-state index >= 15 is 0 Å². The van der Waals surface area contributed by atoms with Gasteiger partial charge in [-0.15, -0.1) is 0 Å². The zero-order chi connectivity index (χ0) is 9.73. The van der Waals surface area contributed by atoms with Crippen LogP contribution in [0.1, 0.15) is 40.0 Å². The van der Waals surface area contributed by atoms with E-state index in [9.17, 15) is 0 Å². The van der Waals surface area contributed by atoms with Crippen LogP contribution in [0.3, 0.4) is 0 Å². The molecule has 1 rings (SSSR count). The molecule has 0 aromatic carbocycles. The summed E-state index contributed by atoms with van der Waals surface area (Å²) in [7, 11) is 0. The molecular weight excluding hydrogens is 162 g/mol. The molecule has 0 amide bonds. The number of nitrogens with one attached hydrogen (secondary N) is 1. The fraction of sp³-hybridized carbons (Fsp3) is 1.00. The van der Waals surface area contributed by atoms with Crippen LogP contribution in [0.2, 0.25) is 0 Å². The Bertz CT molecular complexity index is 134. The summed E-state index contributed by atoms with van der Waals surface area (Å²) in [6.07, 6.45) is 4.28. The Hall–Kier alpha value is -0.0800. The van der Waals surface area contributed by atoms with E-state index in [1.165, 1.54) is 19.3 Å². The summed E-state index contributed by atoms with van der Waals surface area (Å²) < 4.78 is 5.63. The molecule has 1 atom stereocenters. The molecule has 0 spiro atoms. The van der Waals surface area contributed by atoms with Gasteiger partial charge >= 0.3 is 0 Å². The second-order valence-corrected chi connectivity index (χ2v) is 5.18. The zero-order valence-corrected chi connectivity index (χ0v) is 9.23. The normalized spacial score (nSPS) is 24.7. The average molecular weight is 185 g/mol. The van der Waals surface area contributed by atoms with Gasteiger partial charge in [0.15, 0.2) is 0 Å². The lowest BCUT2D eigenvalue weighted by molar-refractivity contribution is 0.0160. The van der Waals surface area contributed by atoms with Crippen LogP contribution in [0.25, 0.3) is 0 Å². The highest BCUT2D eigenvalue weighted by atomic mass is 16.5. The van der Waals surface area contributed by atoms with Crippen LogP contribution in [0.4, 0.5) is 0 Å². The van der Waals surface area contributed by atoms with Crippen LogP contribution < -0.4 is 5.32 Å². The SMILES string of the molecule is CC(C)(C)CNCC1CCCCO1. The predicted molar refractivity (Wildman–Crippen MR) is 55.9 cm³/mol. The van der Waals surface area contributed by atoms with Crippen molar-refractivity contribution in [2.75, 3.05) is 19.7 Å². The van der Waals surface area contributed by atoms with Gasteiger partial charge in [0.25, 0.3) is 0 Å². The second-order valence-electron chi connectivity index (χ2n) is 5.18. The standard InChI is InChI=1S/C11H23NO/c1-11(2,3)9-12-8-10-6-4-5-7-13-10/h10,12H,4-9H2,1-3H3. The lowest BCUT2D eigenvalue weighted by Crippen LogP contribution is -2.36. The average Bonchev–Trinajstić information content (AvgIpc) is 2.04. The van der Waals surface area contributed by atoms with Crippen molar-refractivity contribution in [2.24, 2.45) is 5.41 Å². The highest BCUT2D eigenvalue weighted by molar-refractivity contribution is 4.70.